The normalized spacial score (nSPS) is 17.2. The summed E-state index contributed by atoms with van der Waals surface area (Å²) in [6.07, 6.45) is 3.29. The highest BCUT2D eigenvalue weighted by atomic mass is 19.1. The van der Waals surface area contributed by atoms with Gasteiger partial charge >= 0.3 is 0 Å². The Labute approximate surface area is 99.6 Å². The van der Waals surface area contributed by atoms with Crippen LogP contribution in [0.1, 0.15) is 30.1 Å². The van der Waals surface area contributed by atoms with Crippen LogP contribution in [0.5, 0.6) is 0 Å². The maximum atomic E-state index is 13.6. The Morgan fingerprint density at radius 2 is 2.18 bits per heavy atom. The SMILES string of the molecule is CC1CCN(C(=O)c2ccnc(N)c2F)CC1. The molecule has 4 nitrogen and oxygen atoms in total. The molecule has 2 rings (SSSR count). The molecule has 0 bridgehead atoms. The van der Waals surface area contributed by atoms with E-state index in [1.54, 1.807) is 4.90 Å². The number of carbonyl (C=O) groups is 1. The first kappa shape index (κ1) is 11.8. The number of hydrogen-bond acceptors (Lipinski definition) is 3. The van der Waals surface area contributed by atoms with Gasteiger partial charge < -0.3 is 10.6 Å². The molecule has 2 heterocycles. The van der Waals surface area contributed by atoms with Crippen LogP contribution in [0.3, 0.4) is 0 Å². The molecule has 0 spiro atoms. The molecule has 5 heteroatoms. The second-order valence-corrected chi connectivity index (χ2v) is 4.53. The quantitative estimate of drug-likeness (QED) is 0.808. The van der Waals surface area contributed by atoms with Gasteiger partial charge in [0.1, 0.15) is 0 Å². The third-order valence-electron chi connectivity index (χ3n) is 3.22. The molecule has 0 aliphatic carbocycles. The van der Waals surface area contributed by atoms with Gasteiger partial charge in [0, 0.05) is 19.3 Å². The maximum Gasteiger partial charge on any atom is 0.257 e. The van der Waals surface area contributed by atoms with Crippen molar-refractivity contribution in [2.75, 3.05) is 18.8 Å². The summed E-state index contributed by atoms with van der Waals surface area (Å²) in [4.78, 5) is 17.4. The molecular weight excluding hydrogens is 221 g/mol. The Hall–Kier alpha value is -1.65. The Bertz CT molecular complexity index is 428. The van der Waals surface area contributed by atoms with Gasteiger partial charge in [-0.15, -0.1) is 0 Å². The summed E-state index contributed by atoms with van der Waals surface area (Å²) in [7, 11) is 0. The molecule has 0 saturated carbocycles. The molecule has 0 aromatic carbocycles. The predicted octanol–water partition coefficient (Wildman–Crippen LogP) is 1.68. The van der Waals surface area contributed by atoms with Crippen molar-refractivity contribution in [2.24, 2.45) is 5.92 Å². The van der Waals surface area contributed by atoms with E-state index in [2.05, 4.69) is 11.9 Å². The topological polar surface area (TPSA) is 59.2 Å². The summed E-state index contributed by atoms with van der Waals surface area (Å²) in [5.74, 6) is -0.591. The van der Waals surface area contributed by atoms with Gasteiger partial charge in [-0.2, -0.15) is 0 Å². The maximum absolute atomic E-state index is 13.6. The summed E-state index contributed by atoms with van der Waals surface area (Å²) >= 11 is 0. The molecule has 1 aromatic rings. The van der Waals surface area contributed by atoms with Crippen molar-refractivity contribution in [1.29, 1.82) is 0 Å². The molecule has 1 aliphatic rings. The van der Waals surface area contributed by atoms with Gasteiger partial charge in [-0.1, -0.05) is 6.92 Å². The Morgan fingerprint density at radius 3 is 2.82 bits per heavy atom. The first-order valence-electron chi connectivity index (χ1n) is 5.79. The summed E-state index contributed by atoms with van der Waals surface area (Å²) in [6, 6.07) is 1.38. The average molecular weight is 237 g/mol. The van der Waals surface area contributed by atoms with E-state index >= 15 is 0 Å². The Morgan fingerprint density at radius 1 is 1.53 bits per heavy atom. The van der Waals surface area contributed by atoms with Gasteiger partial charge in [0.15, 0.2) is 11.6 Å². The van der Waals surface area contributed by atoms with E-state index in [0.717, 1.165) is 12.8 Å². The monoisotopic (exact) mass is 237 g/mol. The number of rotatable bonds is 1. The molecule has 0 radical (unpaired) electrons. The molecule has 17 heavy (non-hydrogen) atoms. The lowest BCUT2D eigenvalue weighted by atomic mass is 9.98. The molecule has 1 aromatic heterocycles. The Kier molecular flexibility index (Phi) is 3.26. The molecule has 2 N–H and O–H groups in total. The fraction of sp³-hybridized carbons (Fsp3) is 0.500. The van der Waals surface area contributed by atoms with Gasteiger partial charge in [0.25, 0.3) is 5.91 Å². The molecule has 1 amide bonds. The highest BCUT2D eigenvalue weighted by Gasteiger charge is 2.24. The van der Waals surface area contributed by atoms with Gasteiger partial charge in [-0.3, -0.25) is 4.79 Å². The van der Waals surface area contributed by atoms with E-state index in [0.29, 0.717) is 19.0 Å². The number of anilines is 1. The number of pyridine rings is 1. The fourth-order valence-corrected chi connectivity index (χ4v) is 2.01. The molecule has 1 aliphatic heterocycles. The molecule has 1 saturated heterocycles. The number of nitrogens with zero attached hydrogens (tertiary/aromatic N) is 2. The largest absolute Gasteiger partial charge is 0.381 e. The lowest BCUT2D eigenvalue weighted by Crippen LogP contribution is -2.38. The molecule has 92 valence electrons. The lowest BCUT2D eigenvalue weighted by molar-refractivity contribution is 0.0692. The van der Waals surface area contributed by atoms with Crippen molar-refractivity contribution in [3.8, 4) is 0 Å². The van der Waals surface area contributed by atoms with Gasteiger partial charge in [-0.25, -0.2) is 9.37 Å². The number of amides is 1. The minimum atomic E-state index is -0.712. The number of hydrogen-bond donors (Lipinski definition) is 1. The zero-order chi connectivity index (χ0) is 12.4. The second-order valence-electron chi connectivity index (χ2n) is 4.53. The van der Waals surface area contributed by atoms with E-state index in [9.17, 15) is 9.18 Å². The van der Waals surface area contributed by atoms with Crippen LogP contribution in [0, 0.1) is 11.7 Å². The van der Waals surface area contributed by atoms with E-state index < -0.39 is 5.82 Å². The van der Waals surface area contributed by atoms with Crippen molar-refractivity contribution < 1.29 is 9.18 Å². The zero-order valence-corrected chi connectivity index (χ0v) is 9.82. The van der Waals surface area contributed by atoms with Crippen molar-refractivity contribution in [3.05, 3.63) is 23.6 Å². The predicted molar refractivity (Wildman–Crippen MR) is 62.9 cm³/mol. The van der Waals surface area contributed by atoms with Crippen LogP contribution in [0.2, 0.25) is 0 Å². The van der Waals surface area contributed by atoms with Crippen molar-refractivity contribution in [2.45, 2.75) is 19.8 Å². The van der Waals surface area contributed by atoms with Crippen LogP contribution in [-0.2, 0) is 0 Å². The van der Waals surface area contributed by atoms with E-state index in [1.165, 1.54) is 12.3 Å². The van der Waals surface area contributed by atoms with Crippen LogP contribution in [0.15, 0.2) is 12.3 Å². The van der Waals surface area contributed by atoms with Gasteiger partial charge in [0.05, 0.1) is 5.56 Å². The number of piperidine rings is 1. The smallest absolute Gasteiger partial charge is 0.257 e. The Balaban J connectivity index is 2.17. The summed E-state index contributed by atoms with van der Waals surface area (Å²) in [6.45, 7) is 3.52. The zero-order valence-electron chi connectivity index (χ0n) is 9.82. The highest BCUT2D eigenvalue weighted by Crippen LogP contribution is 2.20. The minimum absolute atomic E-state index is 0.0204. The number of carbonyl (C=O) groups excluding carboxylic acids is 1. The van der Waals surface area contributed by atoms with Gasteiger partial charge in [0.2, 0.25) is 0 Å². The third-order valence-corrected chi connectivity index (χ3v) is 3.22. The van der Waals surface area contributed by atoms with Crippen LogP contribution >= 0.6 is 0 Å². The second kappa shape index (κ2) is 4.69. The summed E-state index contributed by atoms with van der Waals surface area (Å²) in [5.41, 5.74) is 5.37. The number of likely N-dealkylation sites (tertiary alicyclic amines) is 1. The van der Waals surface area contributed by atoms with Crippen molar-refractivity contribution in [1.82, 2.24) is 9.88 Å². The summed E-state index contributed by atoms with van der Waals surface area (Å²) in [5, 5.41) is 0. The van der Waals surface area contributed by atoms with Gasteiger partial charge in [-0.05, 0) is 24.8 Å². The number of nitrogens with two attached hydrogens (primary N) is 1. The van der Waals surface area contributed by atoms with E-state index in [-0.39, 0.29) is 17.3 Å². The number of nitrogen functional groups attached to an aromatic ring is 1. The molecule has 0 atom stereocenters. The first-order valence-corrected chi connectivity index (χ1v) is 5.79. The standard InChI is InChI=1S/C12H16FN3O/c1-8-3-6-16(7-4-8)12(17)9-2-5-15-11(14)10(9)13/h2,5,8H,3-4,6-7H2,1H3,(H2,14,15). The molecule has 0 unspecified atom stereocenters. The van der Waals surface area contributed by atoms with Crippen LogP contribution < -0.4 is 5.73 Å². The van der Waals surface area contributed by atoms with Crippen LogP contribution in [0.25, 0.3) is 0 Å². The average Bonchev–Trinajstić information content (AvgIpc) is 2.33. The molecule has 1 fully saturated rings. The summed E-state index contributed by atoms with van der Waals surface area (Å²) < 4.78 is 13.6. The lowest BCUT2D eigenvalue weighted by Gasteiger charge is -2.30. The highest BCUT2D eigenvalue weighted by molar-refractivity contribution is 5.95. The molecular formula is C12H16FN3O. The third kappa shape index (κ3) is 2.38. The number of halogens is 1. The van der Waals surface area contributed by atoms with E-state index in [4.69, 9.17) is 5.73 Å². The van der Waals surface area contributed by atoms with Crippen molar-refractivity contribution >= 4 is 11.7 Å². The van der Waals surface area contributed by atoms with Crippen LogP contribution in [-0.4, -0.2) is 28.9 Å². The van der Waals surface area contributed by atoms with E-state index in [1.807, 2.05) is 0 Å². The fourth-order valence-electron chi connectivity index (χ4n) is 2.01. The van der Waals surface area contributed by atoms with Crippen molar-refractivity contribution in [3.63, 3.8) is 0 Å². The van der Waals surface area contributed by atoms with Crippen LogP contribution in [0.4, 0.5) is 10.2 Å². The number of aromatic nitrogens is 1. The first-order chi connectivity index (χ1) is 8.09. The minimum Gasteiger partial charge on any atom is -0.381 e.